The van der Waals surface area contributed by atoms with Gasteiger partial charge in [-0.2, -0.15) is 0 Å². The normalized spacial score (nSPS) is 26.5. The van der Waals surface area contributed by atoms with Crippen molar-refractivity contribution in [1.29, 1.82) is 0 Å². The van der Waals surface area contributed by atoms with E-state index < -0.39 is 23.5 Å². The van der Waals surface area contributed by atoms with Gasteiger partial charge in [0, 0.05) is 6.54 Å². The maximum absolute atomic E-state index is 13.5. The molecule has 0 aliphatic carbocycles. The fourth-order valence-electron chi connectivity index (χ4n) is 5.34. The Morgan fingerprint density at radius 1 is 1.09 bits per heavy atom. The van der Waals surface area contributed by atoms with Crippen molar-refractivity contribution in [3.63, 3.8) is 0 Å². The number of hydrogen-bond donors (Lipinski definition) is 1. The molecule has 2 saturated heterocycles. The van der Waals surface area contributed by atoms with E-state index in [9.17, 15) is 9.59 Å². The molecule has 3 heterocycles. The third kappa shape index (κ3) is 3.49. The van der Waals surface area contributed by atoms with Crippen LogP contribution < -0.4 is 24.4 Å². The number of nitrogens with zero attached hydrogens (tertiary/aromatic N) is 1. The van der Waals surface area contributed by atoms with Crippen LogP contribution in [0.25, 0.3) is 0 Å². The molecule has 0 saturated carbocycles. The first-order valence-corrected chi connectivity index (χ1v) is 11.3. The fraction of sp³-hybridized carbons (Fsp3) is 0.385. The molecule has 8 nitrogen and oxygen atoms in total. The van der Waals surface area contributed by atoms with Crippen LogP contribution in [0.2, 0.25) is 0 Å². The van der Waals surface area contributed by atoms with Gasteiger partial charge in [-0.3, -0.25) is 9.59 Å². The van der Waals surface area contributed by atoms with E-state index in [0.717, 1.165) is 5.56 Å². The molecule has 4 unspecified atom stereocenters. The molecule has 1 N–H and O–H groups in total. The summed E-state index contributed by atoms with van der Waals surface area (Å²) in [4.78, 5) is 28.4. The second-order valence-electron chi connectivity index (χ2n) is 8.73. The second kappa shape index (κ2) is 8.68. The number of carbonyl (C=O) groups is 2. The number of carbonyl (C=O) groups excluding carboxylic acids is 2. The number of amides is 2. The summed E-state index contributed by atoms with van der Waals surface area (Å²) in [5.74, 6) is 0.504. The van der Waals surface area contributed by atoms with Gasteiger partial charge in [0.15, 0.2) is 11.5 Å². The number of hydrogen-bond acceptors (Lipinski definition) is 6. The molecule has 2 fully saturated rings. The van der Waals surface area contributed by atoms with Crippen LogP contribution in [-0.2, 0) is 20.7 Å². The van der Waals surface area contributed by atoms with Gasteiger partial charge < -0.3 is 29.2 Å². The molecule has 3 aliphatic rings. The number of anilines is 1. The highest BCUT2D eigenvalue weighted by Gasteiger charge is 2.67. The highest BCUT2D eigenvalue weighted by Crippen LogP contribution is 2.53. The molecule has 2 aromatic rings. The van der Waals surface area contributed by atoms with Crippen LogP contribution in [0.5, 0.6) is 17.2 Å². The van der Waals surface area contributed by atoms with Crippen molar-refractivity contribution < 1.29 is 28.5 Å². The third-order valence-corrected chi connectivity index (χ3v) is 6.94. The molecular formula is C26H28N2O6. The first-order chi connectivity index (χ1) is 16.5. The summed E-state index contributed by atoms with van der Waals surface area (Å²) in [6, 6.07) is 13.1. The van der Waals surface area contributed by atoms with E-state index in [1.807, 2.05) is 54.6 Å². The quantitative estimate of drug-likeness (QED) is 0.604. The zero-order valence-corrected chi connectivity index (χ0v) is 19.4. The Hall–Kier alpha value is -3.52. The highest BCUT2D eigenvalue weighted by atomic mass is 16.5. The Kier molecular flexibility index (Phi) is 5.69. The van der Waals surface area contributed by atoms with Crippen LogP contribution in [0.1, 0.15) is 5.56 Å². The molecule has 34 heavy (non-hydrogen) atoms. The zero-order valence-electron chi connectivity index (χ0n) is 19.4. The number of ether oxygens (including phenoxy) is 4. The maximum Gasteiger partial charge on any atom is 0.234 e. The standard InChI is InChI=1S/C26H28N2O6/c1-31-18-7-5-4-6-17(18)28-15-26-12-10-20(34-26)22(23(26)25(28)30)24(29)27-13-11-16-8-9-19(32-2)21(14-16)33-3/h4-10,12,14,20,22-23H,11,13,15H2,1-3H3,(H,27,29). The predicted octanol–water partition coefficient (Wildman–Crippen LogP) is 2.36. The maximum atomic E-state index is 13.5. The summed E-state index contributed by atoms with van der Waals surface area (Å²) in [6.07, 6.45) is 4.09. The minimum absolute atomic E-state index is 0.114. The van der Waals surface area contributed by atoms with E-state index in [-0.39, 0.29) is 11.8 Å². The molecule has 2 bridgehead atoms. The smallest absolute Gasteiger partial charge is 0.234 e. The van der Waals surface area contributed by atoms with Gasteiger partial charge in [-0.25, -0.2) is 0 Å². The first-order valence-electron chi connectivity index (χ1n) is 11.3. The summed E-state index contributed by atoms with van der Waals surface area (Å²) in [6.45, 7) is 0.796. The van der Waals surface area contributed by atoms with E-state index in [0.29, 0.717) is 42.4 Å². The summed E-state index contributed by atoms with van der Waals surface area (Å²) < 4.78 is 22.3. The van der Waals surface area contributed by atoms with Crippen LogP contribution >= 0.6 is 0 Å². The largest absolute Gasteiger partial charge is 0.495 e. The number of benzene rings is 2. The Bertz CT molecular complexity index is 1150. The van der Waals surface area contributed by atoms with E-state index in [1.165, 1.54) is 0 Å². The minimum Gasteiger partial charge on any atom is -0.495 e. The molecule has 4 atom stereocenters. The number of rotatable bonds is 8. The van der Waals surface area contributed by atoms with E-state index in [1.54, 1.807) is 26.2 Å². The molecule has 5 rings (SSSR count). The lowest BCUT2D eigenvalue weighted by Crippen LogP contribution is -2.44. The lowest BCUT2D eigenvalue weighted by atomic mass is 9.77. The summed E-state index contributed by atoms with van der Waals surface area (Å²) in [5.41, 5.74) is 0.915. The third-order valence-electron chi connectivity index (χ3n) is 6.94. The van der Waals surface area contributed by atoms with Gasteiger partial charge in [0.05, 0.1) is 51.5 Å². The second-order valence-corrected chi connectivity index (χ2v) is 8.73. The Balaban J connectivity index is 1.29. The van der Waals surface area contributed by atoms with Crippen LogP contribution in [0.3, 0.4) is 0 Å². The van der Waals surface area contributed by atoms with Crippen molar-refractivity contribution in [2.24, 2.45) is 11.8 Å². The molecule has 178 valence electrons. The Morgan fingerprint density at radius 3 is 2.62 bits per heavy atom. The molecule has 8 heteroatoms. The molecule has 2 amide bonds. The van der Waals surface area contributed by atoms with Crippen molar-refractivity contribution in [2.45, 2.75) is 18.1 Å². The number of methoxy groups -OCH3 is 3. The van der Waals surface area contributed by atoms with Crippen LogP contribution in [0.15, 0.2) is 54.6 Å². The van der Waals surface area contributed by atoms with E-state index >= 15 is 0 Å². The fourth-order valence-corrected chi connectivity index (χ4v) is 5.34. The topological polar surface area (TPSA) is 86.3 Å². The Morgan fingerprint density at radius 2 is 1.85 bits per heavy atom. The van der Waals surface area contributed by atoms with Gasteiger partial charge in [0.1, 0.15) is 11.4 Å². The van der Waals surface area contributed by atoms with Crippen molar-refractivity contribution >= 4 is 17.5 Å². The van der Waals surface area contributed by atoms with E-state index in [2.05, 4.69) is 5.32 Å². The Labute approximate surface area is 198 Å². The molecule has 0 radical (unpaired) electrons. The van der Waals surface area contributed by atoms with Crippen LogP contribution in [0, 0.1) is 11.8 Å². The summed E-state index contributed by atoms with van der Waals surface area (Å²) in [5, 5.41) is 3.01. The summed E-state index contributed by atoms with van der Waals surface area (Å²) >= 11 is 0. The average Bonchev–Trinajstić information content (AvgIpc) is 3.51. The van der Waals surface area contributed by atoms with Gasteiger partial charge in [-0.15, -0.1) is 0 Å². The van der Waals surface area contributed by atoms with Crippen molar-refractivity contribution in [3.05, 3.63) is 60.2 Å². The van der Waals surface area contributed by atoms with Gasteiger partial charge >= 0.3 is 0 Å². The van der Waals surface area contributed by atoms with Crippen molar-refractivity contribution in [1.82, 2.24) is 5.32 Å². The molecule has 0 aromatic heterocycles. The zero-order chi connectivity index (χ0) is 23.9. The van der Waals surface area contributed by atoms with Gasteiger partial charge in [-0.05, 0) is 36.2 Å². The number of para-hydroxylation sites is 2. The lowest BCUT2D eigenvalue weighted by Gasteiger charge is -2.23. The number of nitrogens with one attached hydrogen (secondary N) is 1. The molecular weight excluding hydrogens is 436 g/mol. The highest BCUT2D eigenvalue weighted by molar-refractivity contribution is 6.04. The predicted molar refractivity (Wildman–Crippen MR) is 125 cm³/mol. The first kappa shape index (κ1) is 22.3. The van der Waals surface area contributed by atoms with Gasteiger partial charge in [0.25, 0.3) is 0 Å². The van der Waals surface area contributed by atoms with Gasteiger partial charge in [0.2, 0.25) is 11.8 Å². The minimum atomic E-state index is -0.784. The monoisotopic (exact) mass is 464 g/mol. The lowest BCUT2D eigenvalue weighted by molar-refractivity contribution is -0.131. The summed E-state index contributed by atoms with van der Waals surface area (Å²) in [7, 11) is 4.76. The average molecular weight is 465 g/mol. The molecule has 2 aromatic carbocycles. The van der Waals surface area contributed by atoms with Crippen LogP contribution in [-0.4, -0.2) is 57.9 Å². The number of fused-ring (bicyclic) bond motifs is 1. The van der Waals surface area contributed by atoms with Crippen LogP contribution in [0.4, 0.5) is 5.69 Å². The molecule has 1 spiro atoms. The van der Waals surface area contributed by atoms with Crippen molar-refractivity contribution in [2.75, 3.05) is 39.3 Å². The van der Waals surface area contributed by atoms with Gasteiger partial charge in [-0.1, -0.05) is 30.4 Å². The SMILES string of the molecule is COc1ccc(CCNC(=O)C2C3C=CC4(CN(c5ccccc5OC)C(=O)C24)O3)cc1OC. The van der Waals surface area contributed by atoms with Crippen molar-refractivity contribution in [3.8, 4) is 17.2 Å². The molecule has 3 aliphatic heterocycles. The van der Waals surface area contributed by atoms with E-state index in [4.69, 9.17) is 18.9 Å².